The van der Waals surface area contributed by atoms with E-state index in [0.29, 0.717) is 43.1 Å². The van der Waals surface area contributed by atoms with Crippen LogP contribution < -0.4 is 30.6 Å². The van der Waals surface area contributed by atoms with Crippen LogP contribution in [0.15, 0.2) is 53.9 Å². The number of ether oxygens (including phenoxy) is 4. The Morgan fingerprint density at radius 1 is 1.00 bits per heavy atom. The minimum absolute atomic E-state index is 0.0240. The summed E-state index contributed by atoms with van der Waals surface area (Å²) in [6, 6.07) is 8.08. The highest BCUT2D eigenvalue weighted by atomic mass is 16.6. The van der Waals surface area contributed by atoms with E-state index in [1.54, 1.807) is 24.3 Å². The number of aliphatic carboxylic acids is 1. The van der Waals surface area contributed by atoms with E-state index in [9.17, 15) is 35.4 Å². The predicted octanol–water partition coefficient (Wildman–Crippen LogP) is 5.54. The molecule has 3 heterocycles. The van der Waals surface area contributed by atoms with Gasteiger partial charge in [0.15, 0.2) is 29.8 Å². The summed E-state index contributed by atoms with van der Waals surface area (Å²) in [4.78, 5) is 13.4. The molecule has 8 rings (SSSR count). The Kier molecular flexibility index (Phi) is 13.0. The van der Waals surface area contributed by atoms with Crippen molar-refractivity contribution in [2.75, 3.05) is 33.7 Å². The predicted molar refractivity (Wildman–Crippen MR) is 231 cm³/mol. The number of hydrogen-bond donors (Lipinski definition) is 9. The molecule has 0 bridgehead atoms. The van der Waals surface area contributed by atoms with E-state index >= 15 is 0 Å². The van der Waals surface area contributed by atoms with E-state index < -0.39 is 42.3 Å². The van der Waals surface area contributed by atoms with Crippen LogP contribution in [0.2, 0.25) is 0 Å². The number of aryl methyl sites for hydroxylation is 1. The van der Waals surface area contributed by atoms with Gasteiger partial charge in [-0.05, 0) is 141 Å². The Labute approximate surface area is 364 Å². The molecule has 0 unspecified atom stereocenters. The fourth-order valence-electron chi connectivity index (χ4n) is 13.9. The molecule has 0 radical (unpaired) electrons. The second-order valence-electron chi connectivity index (χ2n) is 19.2. The summed E-state index contributed by atoms with van der Waals surface area (Å²) in [6.45, 7) is 2.14. The fraction of sp³-hybridized carbons (Fsp3) is 0.646. The number of benzene rings is 2. The maximum atomic E-state index is 13.4. The molecule has 62 heavy (non-hydrogen) atoms. The number of aromatic hydroxyl groups is 2. The number of carboxylic acid groups (broad SMARTS) is 1. The van der Waals surface area contributed by atoms with Gasteiger partial charge in [-0.2, -0.15) is 0 Å². The SMILES string of the molecule is COc1cc([C@H]2O[C@@H](CCc3ccc(O)c(OCO)c3)C[C@H](O)[C@@H]2CCO)cc(OC[C@@H]2N[C@H](C)C[C@]34CCC[C@@H]3C3(CCCC3)C[C@@H](C3=CCNC(N)=C3)[C@]24CC(=O)O)c1O. The summed E-state index contributed by atoms with van der Waals surface area (Å²) in [5.74, 6) is -0.169. The van der Waals surface area contributed by atoms with Crippen molar-refractivity contribution < 1.29 is 54.4 Å². The normalized spacial score (nSPS) is 33.8. The Bertz CT molecular complexity index is 2000. The third-order valence-corrected chi connectivity index (χ3v) is 16.1. The lowest BCUT2D eigenvalue weighted by Crippen LogP contribution is -2.73. The lowest BCUT2D eigenvalue weighted by molar-refractivity contribution is -0.203. The number of piperidine rings is 1. The van der Waals surface area contributed by atoms with Crippen molar-refractivity contribution in [2.24, 2.45) is 39.7 Å². The number of phenolic OH excluding ortho intramolecular Hbond substituents is 2. The largest absolute Gasteiger partial charge is 0.504 e. The monoisotopic (exact) mass is 861 g/mol. The second kappa shape index (κ2) is 18.1. The third kappa shape index (κ3) is 7.99. The summed E-state index contributed by atoms with van der Waals surface area (Å²) in [6.07, 6.45) is 13.7. The van der Waals surface area contributed by atoms with Crippen LogP contribution in [-0.4, -0.2) is 94.6 Å². The Hall–Kier alpha value is -4.21. The maximum absolute atomic E-state index is 13.4. The van der Waals surface area contributed by atoms with E-state index in [1.165, 1.54) is 38.9 Å². The van der Waals surface area contributed by atoms with Gasteiger partial charge in [0.05, 0.1) is 37.7 Å². The van der Waals surface area contributed by atoms with Crippen molar-refractivity contribution in [3.8, 4) is 28.7 Å². The van der Waals surface area contributed by atoms with Crippen LogP contribution in [-0.2, 0) is 16.0 Å². The molecule has 2 spiro atoms. The molecule has 10 atom stereocenters. The van der Waals surface area contributed by atoms with Gasteiger partial charge in [0, 0.05) is 36.6 Å². The number of carbonyl (C=O) groups is 1. The number of aliphatic hydroxyl groups excluding tert-OH is 3. The van der Waals surface area contributed by atoms with Gasteiger partial charge in [0.1, 0.15) is 6.61 Å². The summed E-state index contributed by atoms with van der Waals surface area (Å²) >= 11 is 0. The van der Waals surface area contributed by atoms with E-state index in [-0.39, 0.29) is 83.7 Å². The van der Waals surface area contributed by atoms with E-state index in [2.05, 4.69) is 23.6 Å². The molecule has 2 aromatic rings. The molecule has 6 aliphatic rings. The zero-order chi connectivity index (χ0) is 43.8. The number of phenols is 2. The topological polar surface area (TPSA) is 225 Å². The lowest BCUT2D eigenvalue weighted by atomic mass is 9.36. The van der Waals surface area contributed by atoms with Gasteiger partial charge in [0.25, 0.3) is 0 Å². The zero-order valence-electron chi connectivity index (χ0n) is 36.2. The molecule has 2 aromatic carbocycles. The Morgan fingerprint density at radius 3 is 2.52 bits per heavy atom. The van der Waals surface area contributed by atoms with Crippen LogP contribution in [0, 0.1) is 34.0 Å². The molecule has 3 saturated carbocycles. The van der Waals surface area contributed by atoms with Gasteiger partial charge in [-0.25, -0.2) is 0 Å². The summed E-state index contributed by atoms with van der Waals surface area (Å²) in [5, 5.41) is 70.9. The first-order valence-electron chi connectivity index (χ1n) is 22.8. The highest BCUT2D eigenvalue weighted by Crippen LogP contribution is 2.77. The number of nitrogens with two attached hydrogens (primary N) is 1. The number of dihydropyridines is 1. The number of methoxy groups -OCH3 is 1. The van der Waals surface area contributed by atoms with Crippen LogP contribution in [0.5, 0.6) is 28.7 Å². The summed E-state index contributed by atoms with van der Waals surface area (Å²) in [7, 11) is 1.47. The quantitative estimate of drug-likeness (QED) is 0.100. The first-order chi connectivity index (χ1) is 29.9. The molecule has 10 N–H and O–H groups in total. The smallest absolute Gasteiger partial charge is 0.304 e. The average molecular weight is 862 g/mol. The minimum atomic E-state index is -0.830. The van der Waals surface area contributed by atoms with Gasteiger partial charge in [0.2, 0.25) is 5.75 Å². The van der Waals surface area contributed by atoms with Crippen LogP contribution >= 0.6 is 0 Å². The Balaban J connectivity index is 1.13. The standard InChI is InChI=1S/C48H67N3O11/c1-28-23-47-15-5-6-40(47)46(13-3-4-14-46)24-34(30-11-16-50-42(49)21-30)48(47,25-43(56)57)41(51-28)26-60-39-20-31(19-38(59-2)44(39)58)45-33(12-17-52)36(55)22-32(62-45)9-7-29-8-10-35(54)37(18-29)61-27-53/h8,10-11,18-21,28,32-34,36,40-41,45,50-55,58H,3-7,9,12-17,22-27,49H2,1-2H3,(H,56,57)/t28-,32+,33+,34+,36+,40-,41+,45-,47-,48-/m1/s1. The van der Waals surface area contributed by atoms with Crippen LogP contribution in [0.25, 0.3) is 0 Å². The molecule has 3 aliphatic carbocycles. The highest BCUT2D eigenvalue weighted by Gasteiger charge is 2.73. The number of aliphatic hydroxyl groups is 3. The molecule has 14 nitrogen and oxygen atoms in total. The molecular weight excluding hydrogens is 795 g/mol. The lowest BCUT2D eigenvalue weighted by Gasteiger charge is -2.70. The van der Waals surface area contributed by atoms with E-state index in [4.69, 9.17) is 24.7 Å². The maximum Gasteiger partial charge on any atom is 0.304 e. The third-order valence-electron chi connectivity index (χ3n) is 16.1. The van der Waals surface area contributed by atoms with E-state index in [1.807, 2.05) is 6.08 Å². The van der Waals surface area contributed by atoms with Gasteiger partial charge >= 0.3 is 5.97 Å². The van der Waals surface area contributed by atoms with Gasteiger partial charge in [-0.1, -0.05) is 31.4 Å². The van der Waals surface area contributed by atoms with Crippen molar-refractivity contribution in [1.29, 1.82) is 0 Å². The van der Waals surface area contributed by atoms with Crippen molar-refractivity contribution >= 4 is 5.97 Å². The van der Waals surface area contributed by atoms with Crippen molar-refractivity contribution in [1.82, 2.24) is 10.6 Å². The average Bonchev–Trinajstić information content (AvgIpc) is 3.90. The second-order valence-corrected chi connectivity index (χ2v) is 19.2. The number of allylic oxidation sites excluding steroid dienone is 2. The van der Waals surface area contributed by atoms with Gasteiger partial charge in [-0.3, -0.25) is 4.79 Å². The molecule has 5 fully saturated rings. The fourth-order valence-corrected chi connectivity index (χ4v) is 13.9. The molecule has 2 saturated heterocycles. The number of nitrogens with one attached hydrogen (secondary N) is 2. The first kappa shape index (κ1) is 44.4. The molecule has 340 valence electrons. The number of rotatable bonds is 15. The molecular formula is C48H67N3O11. The van der Waals surface area contributed by atoms with Gasteiger partial charge < -0.3 is 66.0 Å². The molecule has 0 amide bonds. The van der Waals surface area contributed by atoms with Crippen molar-refractivity contribution in [3.63, 3.8) is 0 Å². The highest BCUT2D eigenvalue weighted by molar-refractivity contribution is 5.69. The van der Waals surface area contributed by atoms with Crippen molar-refractivity contribution in [3.05, 3.63) is 65.0 Å². The van der Waals surface area contributed by atoms with Crippen LogP contribution in [0.3, 0.4) is 0 Å². The van der Waals surface area contributed by atoms with Gasteiger partial charge in [-0.15, -0.1) is 0 Å². The van der Waals surface area contributed by atoms with Crippen molar-refractivity contribution in [2.45, 2.75) is 127 Å². The molecule has 14 heteroatoms. The number of fused-ring (bicyclic) bond motifs is 1. The number of hydrogen-bond acceptors (Lipinski definition) is 13. The Morgan fingerprint density at radius 2 is 1.79 bits per heavy atom. The summed E-state index contributed by atoms with van der Waals surface area (Å²) in [5.41, 5.74) is 8.21. The van der Waals surface area contributed by atoms with E-state index in [0.717, 1.165) is 43.2 Å². The summed E-state index contributed by atoms with van der Waals surface area (Å²) < 4.78 is 24.4. The van der Waals surface area contributed by atoms with Crippen LogP contribution in [0.4, 0.5) is 0 Å². The molecule has 0 aromatic heterocycles. The zero-order valence-corrected chi connectivity index (χ0v) is 36.2. The molecule has 3 aliphatic heterocycles. The number of carboxylic acids is 1. The first-order valence-corrected chi connectivity index (χ1v) is 22.8. The van der Waals surface area contributed by atoms with Crippen LogP contribution in [0.1, 0.15) is 108 Å². The minimum Gasteiger partial charge on any atom is -0.504 e.